The molecule has 0 aliphatic heterocycles. The van der Waals surface area contributed by atoms with E-state index in [1.165, 1.54) is 6.20 Å². The van der Waals surface area contributed by atoms with Crippen LogP contribution in [0.15, 0.2) is 24.7 Å². The van der Waals surface area contributed by atoms with Gasteiger partial charge in [-0.25, -0.2) is 0 Å². The normalized spacial score (nSPS) is 10.7. The van der Waals surface area contributed by atoms with E-state index < -0.39 is 7.12 Å². The number of hydrogen-bond donors (Lipinski definition) is 2. The van der Waals surface area contributed by atoms with Crippen molar-refractivity contribution in [3.8, 4) is 0 Å². The molecule has 0 amide bonds. The molecule has 4 nitrogen and oxygen atoms in total. The first-order valence-corrected chi connectivity index (χ1v) is 3.95. The second-order valence-corrected chi connectivity index (χ2v) is 2.96. The van der Waals surface area contributed by atoms with Crippen molar-refractivity contribution in [2.24, 2.45) is 7.05 Å². The molecule has 5 heteroatoms. The number of pyridine rings is 1. The van der Waals surface area contributed by atoms with Crippen molar-refractivity contribution >= 4 is 23.5 Å². The van der Waals surface area contributed by atoms with E-state index >= 15 is 0 Å². The van der Waals surface area contributed by atoms with Gasteiger partial charge in [0.2, 0.25) is 0 Å². The van der Waals surface area contributed by atoms with Gasteiger partial charge in [-0.3, -0.25) is 4.98 Å². The van der Waals surface area contributed by atoms with E-state index in [1.54, 1.807) is 6.20 Å². The van der Waals surface area contributed by atoms with Crippen molar-refractivity contribution in [1.82, 2.24) is 9.55 Å². The van der Waals surface area contributed by atoms with Crippen LogP contribution in [0.4, 0.5) is 0 Å². The molecule has 2 aromatic heterocycles. The Morgan fingerprint density at radius 3 is 2.85 bits per heavy atom. The third kappa shape index (κ3) is 1.22. The molecule has 0 aromatic carbocycles. The summed E-state index contributed by atoms with van der Waals surface area (Å²) in [5.74, 6) is 0. The largest absolute Gasteiger partial charge is 0.490 e. The van der Waals surface area contributed by atoms with Crippen molar-refractivity contribution in [1.29, 1.82) is 0 Å². The molecule has 66 valence electrons. The maximum Gasteiger partial charge on any atom is 0.490 e. The summed E-state index contributed by atoms with van der Waals surface area (Å²) < 4.78 is 1.88. The highest BCUT2D eigenvalue weighted by atomic mass is 16.4. The fourth-order valence-corrected chi connectivity index (χ4v) is 1.41. The lowest BCUT2D eigenvalue weighted by Gasteiger charge is -2.01. The van der Waals surface area contributed by atoms with Gasteiger partial charge in [0.25, 0.3) is 0 Å². The van der Waals surface area contributed by atoms with Crippen LogP contribution in [0.1, 0.15) is 0 Å². The zero-order chi connectivity index (χ0) is 9.42. The highest BCUT2D eigenvalue weighted by Gasteiger charge is 2.15. The van der Waals surface area contributed by atoms with Crippen LogP contribution in [0.25, 0.3) is 10.9 Å². The van der Waals surface area contributed by atoms with E-state index in [2.05, 4.69) is 4.98 Å². The van der Waals surface area contributed by atoms with Gasteiger partial charge in [0, 0.05) is 30.3 Å². The van der Waals surface area contributed by atoms with Gasteiger partial charge < -0.3 is 14.6 Å². The molecule has 0 aliphatic carbocycles. The highest BCUT2D eigenvalue weighted by Crippen LogP contribution is 2.10. The first-order chi connectivity index (χ1) is 6.20. The molecule has 2 heterocycles. The second kappa shape index (κ2) is 2.87. The van der Waals surface area contributed by atoms with Gasteiger partial charge >= 0.3 is 7.12 Å². The zero-order valence-electron chi connectivity index (χ0n) is 7.18. The SMILES string of the molecule is Cn1ccc2c(B(O)O)cncc21. The zero-order valence-corrected chi connectivity index (χ0v) is 7.18. The van der Waals surface area contributed by atoms with Gasteiger partial charge in [-0.2, -0.15) is 0 Å². The van der Waals surface area contributed by atoms with Crippen LogP contribution in [0.3, 0.4) is 0 Å². The van der Waals surface area contributed by atoms with Crippen molar-refractivity contribution < 1.29 is 10.0 Å². The van der Waals surface area contributed by atoms with E-state index in [-0.39, 0.29) is 0 Å². The fourth-order valence-electron chi connectivity index (χ4n) is 1.41. The molecule has 0 unspecified atom stereocenters. The average Bonchev–Trinajstić information content (AvgIpc) is 2.48. The van der Waals surface area contributed by atoms with E-state index in [1.807, 2.05) is 23.9 Å². The molecule has 0 spiro atoms. The third-order valence-corrected chi connectivity index (χ3v) is 2.12. The van der Waals surface area contributed by atoms with Crippen molar-refractivity contribution in [2.75, 3.05) is 0 Å². The van der Waals surface area contributed by atoms with Gasteiger partial charge in [0.15, 0.2) is 0 Å². The van der Waals surface area contributed by atoms with Crippen LogP contribution in [-0.2, 0) is 7.05 Å². The molecule has 2 rings (SSSR count). The molecule has 0 saturated carbocycles. The van der Waals surface area contributed by atoms with E-state index in [9.17, 15) is 0 Å². The van der Waals surface area contributed by atoms with Gasteiger partial charge in [-0.15, -0.1) is 0 Å². The Morgan fingerprint density at radius 1 is 1.38 bits per heavy atom. The minimum Gasteiger partial charge on any atom is -0.423 e. The van der Waals surface area contributed by atoms with Gasteiger partial charge in [0.1, 0.15) is 0 Å². The molecular weight excluding hydrogens is 167 g/mol. The monoisotopic (exact) mass is 176 g/mol. The van der Waals surface area contributed by atoms with Gasteiger partial charge in [-0.1, -0.05) is 0 Å². The summed E-state index contributed by atoms with van der Waals surface area (Å²) in [5, 5.41) is 18.9. The molecule has 0 atom stereocenters. The minimum absolute atomic E-state index is 0.443. The Labute approximate surface area is 75.6 Å². The fraction of sp³-hybridized carbons (Fsp3) is 0.125. The van der Waals surface area contributed by atoms with Crippen LogP contribution >= 0.6 is 0 Å². The first kappa shape index (κ1) is 8.28. The smallest absolute Gasteiger partial charge is 0.423 e. The number of aryl methyl sites for hydroxylation is 1. The second-order valence-electron chi connectivity index (χ2n) is 2.96. The molecule has 2 N–H and O–H groups in total. The first-order valence-electron chi connectivity index (χ1n) is 3.95. The standard InChI is InChI=1S/C8H9BN2O2/c1-11-3-2-6-7(9(12)13)4-10-5-8(6)11/h2-5,12-13H,1H3. The Bertz CT molecular complexity index is 439. The molecule has 0 saturated heterocycles. The number of nitrogens with zero attached hydrogens (tertiary/aromatic N) is 2. The van der Waals surface area contributed by atoms with Gasteiger partial charge in [-0.05, 0) is 6.07 Å². The molecule has 13 heavy (non-hydrogen) atoms. The lowest BCUT2D eigenvalue weighted by atomic mass is 9.79. The Balaban J connectivity index is 2.77. The summed E-state index contributed by atoms with van der Waals surface area (Å²) in [7, 11) is 0.427. The molecule has 0 aliphatic rings. The lowest BCUT2D eigenvalue weighted by molar-refractivity contribution is 0.426. The maximum atomic E-state index is 9.04. The Kier molecular flexibility index (Phi) is 1.83. The Morgan fingerprint density at radius 2 is 2.15 bits per heavy atom. The number of fused-ring (bicyclic) bond motifs is 1. The highest BCUT2D eigenvalue weighted by molar-refractivity contribution is 6.61. The number of hydrogen-bond acceptors (Lipinski definition) is 3. The van der Waals surface area contributed by atoms with Crippen molar-refractivity contribution in [3.05, 3.63) is 24.7 Å². The number of aromatic nitrogens is 2. The summed E-state index contributed by atoms with van der Waals surface area (Å²) in [5.41, 5.74) is 1.34. The Hall–Kier alpha value is -1.33. The van der Waals surface area contributed by atoms with Crippen LogP contribution in [0, 0.1) is 0 Å². The van der Waals surface area contributed by atoms with Crippen LogP contribution in [-0.4, -0.2) is 26.7 Å². The molecule has 0 fully saturated rings. The van der Waals surface area contributed by atoms with E-state index in [4.69, 9.17) is 10.0 Å². The molecule has 0 bridgehead atoms. The van der Waals surface area contributed by atoms with Gasteiger partial charge in [0.05, 0.1) is 11.7 Å². The minimum atomic E-state index is -1.46. The van der Waals surface area contributed by atoms with Crippen LogP contribution in [0.5, 0.6) is 0 Å². The molecule has 0 radical (unpaired) electrons. The summed E-state index contributed by atoms with van der Waals surface area (Å²) in [4.78, 5) is 3.93. The lowest BCUT2D eigenvalue weighted by Crippen LogP contribution is -2.30. The summed E-state index contributed by atoms with van der Waals surface area (Å²) in [6.45, 7) is 0. The summed E-state index contributed by atoms with van der Waals surface area (Å²) >= 11 is 0. The van der Waals surface area contributed by atoms with Crippen LogP contribution in [0.2, 0.25) is 0 Å². The van der Waals surface area contributed by atoms with E-state index in [0.29, 0.717) is 5.46 Å². The molecular formula is C8H9BN2O2. The third-order valence-electron chi connectivity index (χ3n) is 2.12. The predicted octanol–water partition coefficient (Wildman–Crippen LogP) is -0.747. The number of rotatable bonds is 1. The van der Waals surface area contributed by atoms with Crippen LogP contribution < -0.4 is 5.46 Å². The van der Waals surface area contributed by atoms with Crippen molar-refractivity contribution in [2.45, 2.75) is 0 Å². The quantitative estimate of drug-likeness (QED) is 0.562. The topological polar surface area (TPSA) is 58.3 Å². The maximum absolute atomic E-state index is 9.04. The van der Waals surface area contributed by atoms with E-state index in [0.717, 1.165) is 10.9 Å². The summed E-state index contributed by atoms with van der Waals surface area (Å²) in [6, 6.07) is 1.84. The van der Waals surface area contributed by atoms with Crippen molar-refractivity contribution in [3.63, 3.8) is 0 Å². The summed E-state index contributed by atoms with van der Waals surface area (Å²) in [6.07, 6.45) is 5.02. The predicted molar refractivity (Wildman–Crippen MR) is 50.5 cm³/mol. The average molecular weight is 176 g/mol. The molecule has 2 aromatic rings.